The number of pyridine rings is 1. The first-order chi connectivity index (χ1) is 16.2. The summed E-state index contributed by atoms with van der Waals surface area (Å²) >= 11 is 0. The van der Waals surface area contributed by atoms with Gasteiger partial charge < -0.3 is 10.2 Å². The minimum Gasteiger partial charge on any atom is -0.342 e. The Balaban J connectivity index is 1.23. The number of hydrogen-bond acceptors (Lipinski definition) is 3. The molecule has 1 aromatic rings. The summed E-state index contributed by atoms with van der Waals surface area (Å²) in [5, 5.41) is 2.95. The maximum atomic E-state index is 12.5. The molecule has 1 N–H and O–H groups in total. The number of nitrogens with zero attached hydrogens (tertiary/aromatic N) is 2. The maximum Gasteiger partial charge on any atom is 0.225 e. The SMILES string of the molecule is C[C@H](CCC(=O)Nc1ccccn1)[C@H]1CC[C@H]2[C@@H]3CC[C@H]4N(C)C(=O)CC[C@]4(C)[C@H]3CC[C@]12C. The topological polar surface area (TPSA) is 62.3 Å². The van der Waals surface area contributed by atoms with Gasteiger partial charge in [0.1, 0.15) is 5.82 Å². The Morgan fingerprint density at radius 1 is 1.12 bits per heavy atom. The first kappa shape index (κ1) is 23.8. The normalized spacial score (nSPS) is 40.2. The van der Waals surface area contributed by atoms with Gasteiger partial charge in [-0.15, -0.1) is 0 Å². The van der Waals surface area contributed by atoms with E-state index in [-0.39, 0.29) is 5.91 Å². The van der Waals surface area contributed by atoms with Crippen LogP contribution in [0, 0.1) is 40.4 Å². The summed E-state index contributed by atoms with van der Waals surface area (Å²) in [7, 11) is 2.05. The lowest BCUT2D eigenvalue weighted by Gasteiger charge is -2.62. The first-order valence-corrected chi connectivity index (χ1v) is 13.7. The van der Waals surface area contributed by atoms with Gasteiger partial charge in [-0.3, -0.25) is 9.59 Å². The predicted molar refractivity (Wildman–Crippen MR) is 135 cm³/mol. The van der Waals surface area contributed by atoms with Crippen LogP contribution in [0.1, 0.15) is 85.0 Å². The zero-order valence-electron chi connectivity index (χ0n) is 21.6. The summed E-state index contributed by atoms with van der Waals surface area (Å²) in [5.41, 5.74) is 0.692. The molecular weight excluding hydrogens is 422 g/mol. The fraction of sp³-hybridized carbons (Fsp3) is 0.759. The van der Waals surface area contributed by atoms with E-state index < -0.39 is 0 Å². The van der Waals surface area contributed by atoms with E-state index in [0.29, 0.717) is 46.9 Å². The van der Waals surface area contributed by atoms with Gasteiger partial charge in [0, 0.05) is 32.1 Å². The number of amides is 2. The second-order valence-electron chi connectivity index (χ2n) is 12.5. The molecule has 0 radical (unpaired) electrons. The molecule has 5 rings (SSSR count). The molecule has 8 atom stereocenters. The molecule has 186 valence electrons. The molecule has 5 heteroatoms. The number of piperidine rings is 1. The summed E-state index contributed by atoms with van der Waals surface area (Å²) in [5.74, 6) is 4.73. The van der Waals surface area contributed by atoms with Gasteiger partial charge in [-0.2, -0.15) is 0 Å². The minimum atomic E-state index is 0.0798. The van der Waals surface area contributed by atoms with Crippen molar-refractivity contribution in [3.05, 3.63) is 24.4 Å². The molecule has 1 saturated heterocycles. The molecule has 34 heavy (non-hydrogen) atoms. The average Bonchev–Trinajstić information content (AvgIpc) is 3.18. The average molecular weight is 466 g/mol. The summed E-state index contributed by atoms with van der Waals surface area (Å²) in [6.45, 7) is 7.48. The lowest BCUT2D eigenvalue weighted by Crippen LogP contribution is -2.61. The predicted octanol–water partition coefficient (Wildman–Crippen LogP) is 5.92. The van der Waals surface area contributed by atoms with Crippen LogP contribution in [0.2, 0.25) is 0 Å². The molecule has 2 heterocycles. The quantitative estimate of drug-likeness (QED) is 0.587. The standard InChI is InChI=1S/C29H43N3O2/c1-19(8-13-26(33)31-25-7-5-6-18-30-25)21-10-11-22-20-9-12-24-29(3,17-15-27(34)32(24)4)23(20)14-16-28(21,22)2/h5-7,18-24H,8-17H2,1-4H3,(H,30,31,33)/t19-,20+,21-,22+,23+,24-,28-,29-/m1/s1. The van der Waals surface area contributed by atoms with E-state index in [2.05, 4.69) is 43.0 Å². The molecule has 1 aromatic heterocycles. The largest absolute Gasteiger partial charge is 0.342 e. The molecule has 0 aromatic carbocycles. The highest BCUT2D eigenvalue weighted by Gasteiger charge is 2.61. The van der Waals surface area contributed by atoms with Crippen molar-refractivity contribution in [2.45, 2.75) is 91.0 Å². The van der Waals surface area contributed by atoms with E-state index in [4.69, 9.17) is 0 Å². The highest BCUT2D eigenvalue weighted by molar-refractivity contribution is 5.89. The Labute approximate surface area is 205 Å². The fourth-order valence-electron chi connectivity index (χ4n) is 9.33. The number of likely N-dealkylation sites (tertiary alicyclic amines) is 1. The van der Waals surface area contributed by atoms with E-state index in [1.54, 1.807) is 6.20 Å². The van der Waals surface area contributed by atoms with Crippen LogP contribution in [-0.4, -0.2) is 34.8 Å². The van der Waals surface area contributed by atoms with Crippen molar-refractivity contribution in [2.75, 3.05) is 12.4 Å². The molecule has 2 amide bonds. The second-order valence-corrected chi connectivity index (χ2v) is 12.5. The molecule has 3 saturated carbocycles. The van der Waals surface area contributed by atoms with Gasteiger partial charge in [0.2, 0.25) is 11.8 Å². The van der Waals surface area contributed by atoms with E-state index in [1.165, 1.54) is 38.5 Å². The summed E-state index contributed by atoms with van der Waals surface area (Å²) in [6, 6.07) is 6.05. The van der Waals surface area contributed by atoms with Crippen LogP contribution in [0.5, 0.6) is 0 Å². The third-order valence-electron chi connectivity index (χ3n) is 11.1. The molecule has 4 aliphatic rings. The number of fused-ring (bicyclic) bond motifs is 5. The van der Waals surface area contributed by atoms with Crippen LogP contribution < -0.4 is 5.32 Å². The Hall–Kier alpha value is -1.91. The first-order valence-electron chi connectivity index (χ1n) is 13.7. The number of carbonyl (C=O) groups excluding carboxylic acids is 2. The van der Waals surface area contributed by atoms with Gasteiger partial charge in [-0.1, -0.05) is 26.8 Å². The van der Waals surface area contributed by atoms with Crippen LogP contribution in [-0.2, 0) is 9.59 Å². The molecule has 0 spiro atoms. The molecule has 5 nitrogen and oxygen atoms in total. The molecule has 4 fully saturated rings. The number of anilines is 1. The van der Waals surface area contributed by atoms with E-state index in [1.807, 2.05) is 18.2 Å². The van der Waals surface area contributed by atoms with E-state index in [9.17, 15) is 9.59 Å². The van der Waals surface area contributed by atoms with Gasteiger partial charge in [0.05, 0.1) is 0 Å². The van der Waals surface area contributed by atoms with Crippen molar-refractivity contribution in [2.24, 2.45) is 40.4 Å². The van der Waals surface area contributed by atoms with E-state index in [0.717, 1.165) is 37.0 Å². The summed E-state index contributed by atoms with van der Waals surface area (Å²) in [6.07, 6.45) is 12.8. The van der Waals surface area contributed by atoms with Crippen molar-refractivity contribution >= 4 is 17.6 Å². The Morgan fingerprint density at radius 2 is 1.91 bits per heavy atom. The van der Waals surface area contributed by atoms with Crippen LogP contribution in [0.15, 0.2) is 24.4 Å². The van der Waals surface area contributed by atoms with Crippen LogP contribution >= 0.6 is 0 Å². The van der Waals surface area contributed by atoms with E-state index >= 15 is 0 Å². The summed E-state index contributed by atoms with van der Waals surface area (Å²) < 4.78 is 0. The number of rotatable bonds is 5. The lowest BCUT2D eigenvalue weighted by molar-refractivity contribution is -0.158. The zero-order chi connectivity index (χ0) is 24.1. The monoisotopic (exact) mass is 465 g/mol. The van der Waals surface area contributed by atoms with Crippen molar-refractivity contribution in [3.8, 4) is 0 Å². The van der Waals surface area contributed by atoms with Crippen molar-refractivity contribution in [1.29, 1.82) is 0 Å². The van der Waals surface area contributed by atoms with Gasteiger partial charge in [-0.25, -0.2) is 4.98 Å². The second kappa shape index (κ2) is 8.95. The zero-order valence-corrected chi connectivity index (χ0v) is 21.6. The smallest absolute Gasteiger partial charge is 0.225 e. The van der Waals surface area contributed by atoms with Gasteiger partial charge in [0.15, 0.2) is 0 Å². The van der Waals surface area contributed by atoms with Gasteiger partial charge in [0.25, 0.3) is 0 Å². The van der Waals surface area contributed by atoms with Crippen molar-refractivity contribution in [1.82, 2.24) is 9.88 Å². The van der Waals surface area contributed by atoms with Crippen molar-refractivity contribution < 1.29 is 9.59 Å². The molecule has 1 aliphatic heterocycles. The molecule has 0 bridgehead atoms. The van der Waals surface area contributed by atoms with Gasteiger partial charge >= 0.3 is 0 Å². The number of hydrogen-bond donors (Lipinski definition) is 1. The minimum absolute atomic E-state index is 0.0798. The maximum absolute atomic E-state index is 12.5. The highest BCUT2D eigenvalue weighted by atomic mass is 16.2. The molecule has 0 unspecified atom stereocenters. The Kier molecular flexibility index (Phi) is 6.27. The fourth-order valence-corrected chi connectivity index (χ4v) is 9.33. The number of nitrogens with one attached hydrogen (secondary N) is 1. The molecular formula is C29H43N3O2. The van der Waals surface area contributed by atoms with Crippen LogP contribution in [0.4, 0.5) is 5.82 Å². The third kappa shape index (κ3) is 3.87. The molecule has 3 aliphatic carbocycles. The number of carbonyl (C=O) groups is 2. The lowest BCUT2D eigenvalue weighted by atomic mass is 9.46. The number of aromatic nitrogens is 1. The third-order valence-corrected chi connectivity index (χ3v) is 11.1. The van der Waals surface area contributed by atoms with Crippen molar-refractivity contribution in [3.63, 3.8) is 0 Å². The van der Waals surface area contributed by atoms with Gasteiger partial charge in [-0.05, 0) is 104 Å². The van der Waals surface area contributed by atoms with Crippen LogP contribution in [0.25, 0.3) is 0 Å². The van der Waals surface area contributed by atoms with Crippen LogP contribution in [0.3, 0.4) is 0 Å². The Bertz CT molecular complexity index is 919. The highest BCUT2D eigenvalue weighted by Crippen LogP contribution is 2.67. The Morgan fingerprint density at radius 3 is 2.68 bits per heavy atom. The summed E-state index contributed by atoms with van der Waals surface area (Å²) in [4.78, 5) is 31.2.